The molecule has 216 valence electrons. The normalized spacial score (nSPS) is 12.7. The summed E-state index contributed by atoms with van der Waals surface area (Å²) in [5.74, 6) is -0.00248. The molecule has 0 atom stereocenters. The fourth-order valence-electron chi connectivity index (χ4n) is 4.91. The van der Waals surface area contributed by atoms with Crippen LogP contribution in [0, 0.1) is 6.92 Å². The van der Waals surface area contributed by atoms with Gasteiger partial charge in [-0.1, -0.05) is 47.5 Å². The van der Waals surface area contributed by atoms with Crippen LogP contribution in [0.3, 0.4) is 0 Å². The number of nitrogens with one attached hydrogen (secondary N) is 1. The van der Waals surface area contributed by atoms with E-state index in [0.717, 1.165) is 21.0 Å². The minimum Gasteiger partial charge on any atom is -0.497 e. The first-order valence-electron chi connectivity index (χ1n) is 13.3. The number of anilines is 2. The maximum absolute atomic E-state index is 13.6. The Kier molecular flexibility index (Phi) is 8.63. The quantitative estimate of drug-likeness (QED) is 0.265. The number of amides is 2. The van der Waals surface area contributed by atoms with Crippen LogP contribution in [-0.2, 0) is 27.8 Å². The molecular weight excluding hydrogens is 574 g/mol. The molecule has 0 fully saturated rings. The number of rotatable bonds is 9. The highest BCUT2D eigenvalue weighted by molar-refractivity contribution is 7.89. The molecule has 0 saturated carbocycles. The maximum Gasteiger partial charge on any atom is 0.258 e. The molecule has 0 aliphatic carbocycles. The zero-order valence-electron chi connectivity index (χ0n) is 23.2. The first-order valence-corrected chi connectivity index (χ1v) is 15.2. The van der Waals surface area contributed by atoms with E-state index in [2.05, 4.69) is 5.32 Å². The lowest BCUT2D eigenvalue weighted by Gasteiger charge is -2.23. The van der Waals surface area contributed by atoms with Crippen molar-refractivity contribution in [1.82, 2.24) is 4.31 Å². The molecule has 0 spiro atoms. The van der Waals surface area contributed by atoms with Crippen molar-refractivity contribution in [1.29, 1.82) is 0 Å². The number of carbonyl (C=O) groups is 2. The highest BCUT2D eigenvalue weighted by Gasteiger charge is 2.29. The van der Waals surface area contributed by atoms with Gasteiger partial charge in [-0.2, -0.15) is 4.31 Å². The van der Waals surface area contributed by atoms with Gasteiger partial charge in [0.1, 0.15) is 5.75 Å². The van der Waals surface area contributed by atoms with Gasteiger partial charge in [0.15, 0.2) is 0 Å². The molecule has 0 radical (unpaired) electrons. The van der Waals surface area contributed by atoms with Crippen LogP contribution < -0.4 is 15.0 Å². The highest BCUT2D eigenvalue weighted by Crippen LogP contribution is 2.32. The fraction of sp³-hybridized carbons (Fsp3) is 0.188. The Morgan fingerprint density at radius 3 is 2.40 bits per heavy atom. The predicted octanol–water partition coefficient (Wildman–Crippen LogP) is 5.69. The number of benzene rings is 4. The Hall–Kier alpha value is -4.18. The van der Waals surface area contributed by atoms with Crippen LogP contribution in [0.4, 0.5) is 11.4 Å². The van der Waals surface area contributed by atoms with Crippen LogP contribution in [0.5, 0.6) is 5.75 Å². The SMILES string of the molecule is COc1ccc(C(=O)N2CCc3ccc(NC(=O)CN(Cc4cccc(C)c4)S(=O)(=O)c4ccc(Cl)cc4)cc32)cc1. The third-order valence-electron chi connectivity index (χ3n) is 7.06. The summed E-state index contributed by atoms with van der Waals surface area (Å²) in [5.41, 5.74) is 4.42. The van der Waals surface area contributed by atoms with Gasteiger partial charge in [0, 0.05) is 35.1 Å². The minimum atomic E-state index is -4.03. The molecule has 1 aliphatic heterocycles. The molecule has 0 unspecified atom stereocenters. The van der Waals surface area contributed by atoms with E-state index in [0.29, 0.717) is 40.7 Å². The van der Waals surface area contributed by atoms with Crippen molar-refractivity contribution in [3.8, 4) is 5.75 Å². The average Bonchev–Trinajstić information content (AvgIpc) is 3.40. The number of hydrogen-bond acceptors (Lipinski definition) is 5. The van der Waals surface area contributed by atoms with E-state index in [-0.39, 0.29) is 17.3 Å². The van der Waals surface area contributed by atoms with Crippen molar-refractivity contribution in [2.45, 2.75) is 24.8 Å². The van der Waals surface area contributed by atoms with Gasteiger partial charge >= 0.3 is 0 Å². The molecule has 0 aromatic heterocycles. The Morgan fingerprint density at radius 1 is 0.976 bits per heavy atom. The van der Waals surface area contributed by atoms with E-state index in [4.69, 9.17) is 16.3 Å². The Labute approximate surface area is 250 Å². The van der Waals surface area contributed by atoms with Crippen molar-refractivity contribution in [2.75, 3.05) is 30.4 Å². The summed E-state index contributed by atoms with van der Waals surface area (Å²) in [6, 6.07) is 25.6. The first kappa shape index (κ1) is 29.3. The summed E-state index contributed by atoms with van der Waals surface area (Å²) in [6.45, 7) is 2.03. The summed E-state index contributed by atoms with van der Waals surface area (Å²) in [7, 11) is -2.46. The topological polar surface area (TPSA) is 96.0 Å². The summed E-state index contributed by atoms with van der Waals surface area (Å²) < 4.78 is 33.6. The van der Waals surface area contributed by atoms with Crippen molar-refractivity contribution in [3.05, 3.63) is 118 Å². The molecule has 42 heavy (non-hydrogen) atoms. The third-order valence-corrected chi connectivity index (χ3v) is 9.12. The van der Waals surface area contributed by atoms with Crippen molar-refractivity contribution in [3.63, 3.8) is 0 Å². The number of ether oxygens (including phenoxy) is 1. The van der Waals surface area contributed by atoms with Crippen LogP contribution in [0.25, 0.3) is 0 Å². The third kappa shape index (κ3) is 6.49. The number of aryl methyl sites for hydroxylation is 1. The van der Waals surface area contributed by atoms with Crippen LogP contribution >= 0.6 is 11.6 Å². The van der Waals surface area contributed by atoms with Crippen molar-refractivity contribution < 1.29 is 22.7 Å². The van der Waals surface area contributed by atoms with Crippen LogP contribution in [-0.4, -0.2) is 44.7 Å². The molecule has 4 aromatic rings. The molecular formula is C32H30ClN3O5S. The van der Waals surface area contributed by atoms with Crippen molar-refractivity contribution in [2.24, 2.45) is 0 Å². The smallest absolute Gasteiger partial charge is 0.258 e. The molecule has 1 N–H and O–H groups in total. The van der Waals surface area contributed by atoms with E-state index >= 15 is 0 Å². The number of sulfonamides is 1. The number of methoxy groups -OCH3 is 1. The van der Waals surface area contributed by atoms with Crippen LogP contribution in [0.15, 0.2) is 95.9 Å². The van der Waals surface area contributed by atoms with Gasteiger partial charge in [0.2, 0.25) is 15.9 Å². The van der Waals surface area contributed by atoms with Gasteiger partial charge in [-0.25, -0.2) is 8.42 Å². The van der Waals surface area contributed by atoms with Crippen LogP contribution in [0.2, 0.25) is 5.02 Å². The van der Waals surface area contributed by atoms with Crippen molar-refractivity contribution >= 4 is 44.8 Å². The molecule has 0 saturated heterocycles. The summed E-state index contributed by atoms with van der Waals surface area (Å²) in [4.78, 5) is 28.3. The molecule has 1 aliphatic rings. The summed E-state index contributed by atoms with van der Waals surface area (Å²) in [5, 5.41) is 3.24. The first-order chi connectivity index (χ1) is 20.1. The Bertz CT molecular complexity index is 1720. The Morgan fingerprint density at radius 2 is 1.71 bits per heavy atom. The summed E-state index contributed by atoms with van der Waals surface area (Å²) in [6.07, 6.45) is 0.690. The second-order valence-electron chi connectivity index (χ2n) is 10.0. The van der Waals surface area contributed by atoms with Gasteiger partial charge < -0.3 is 15.0 Å². The van der Waals surface area contributed by atoms with E-state index < -0.39 is 22.5 Å². The molecule has 1 heterocycles. The molecule has 2 amide bonds. The standard InChI is InChI=1S/C32H30ClN3O5S/c1-22-4-3-5-23(18-22)20-35(42(39,40)29-14-9-26(33)10-15-29)21-31(37)34-27-11-6-24-16-17-36(30(24)19-27)32(38)25-7-12-28(41-2)13-8-25/h3-15,18-19H,16-17,20-21H2,1-2H3,(H,34,37). The Balaban J connectivity index is 1.36. The van der Waals surface area contributed by atoms with E-state index in [1.807, 2.05) is 37.3 Å². The van der Waals surface area contributed by atoms with E-state index in [9.17, 15) is 18.0 Å². The fourth-order valence-corrected chi connectivity index (χ4v) is 6.42. The number of hydrogen-bond donors (Lipinski definition) is 1. The summed E-state index contributed by atoms with van der Waals surface area (Å²) >= 11 is 5.98. The highest BCUT2D eigenvalue weighted by atomic mass is 35.5. The van der Waals surface area contributed by atoms with Gasteiger partial charge in [-0.3, -0.25) is 9.59 Å². The van der Waals surface area contributed by atoms with Gasteiger partial charge in [-0.05, 0) is 85.1 Å². The van der Waals surface area contributed by atoms with Gasteiger partial charge in [0.05, 0.1) is 18.6 Å². The second-order valence-corrected chi connectivity index (χ2v) is 12.4. The minimum absolute atomic E-state index is 0.00832. The molecule has 5 rings (SSSR count). The average molecular weight is 604 g/mol. The predicted molar refractivity (Wildman–Crippen MR) is 164 cm³/mol. The molecule has 4 aromatic carbocycles. The number of nitrogens with zero attached hydrogens (tertiary/aromatic N) is 2. The molecule has 10 heteroatoms. The lowest BCUT2D eigenvalue weighted by atomic mass is 10.1. The van der Waals surface area contributed by atoms with E-state index in [1.54, 1.807) is 48.4 Å². The lowest BCUT2D eigenvalue weighted by Crippen LogP contribution is -2.37. The number of carbonyl (C=O) groups excluding carboxylic acids is 2. The van der Waals surface area contributed by atoms with Gasteiger partial charge in [0.25, 0.3) is 5.91 Å². The molecule has 8 nitrogen and oxygen atoms in total. The number of halogens is 1. The second kappa shape index (κ2) is 12.4. The zero-order chi connectivity index (χ0) is 29.9. The molecule has 0 bridgehead atoms. The lowest BCUT2D eigenvalue weighted by molar-refractivity contribution is -0.116. The van der Waals surface area contributed by atoms with Gasteiger partial charge in [-0.15, -0.1) is 0 Å². The maximum atomic E-state index is 13.6. The number of fused-ring (bicyclic) bond motifs is 1. The largest absolute Gasteiger partial charge is 0.497 e. The zero-order valence-corrected chi connectivity index (χ0v) is 24.8. The monoisotopic (exact) mass is 603 g/mol. The van der Waals surface area contributed by atoms with Crippen LogP contribution in [0.1, 0.15) is 27.0 Å². The van der Waals surface area contributed by atoms with E-state index in [1.165, 1.54) is 24.3 Å².